The summed E-state index contributed by atoms with van der Waals surface area (Å²) in [6.45, 7) is 9.43. The lowest BCUT2D eigenvalue weighted by Gasteiger charge is -2.23. The number of guanidine groups is 1. The third kappa shape index (κ3) is 9.05. The zero-order valence-electron chi connectivity index (χ0n) is 15.1. The van der Waals surface area contributed by atoms with Gasteiger partial charge < -0.3 is 10.6 Å². The maximum atomic E-state index is 10.6. The van der Waals surface area contributed by atoms with Gasteiger partial charge in [-0.3, -0.25) is 15.1 Å². The van der Waals surface area contributed by atoms with E-state index in [1.807, 2.05) is 0 Å². The number of hydrogen-bond donors (Lipinski definition) is 2. The SMILES string of the molecule is CN=C(NCc1ccc([N+](=O)[O-])cc1)NC(C)CCC(C)(C)C.I. The van der Waals surface area contributed by atoms with Crippen molar-refractivity contribution in [3.8, 4) is 0 Å². The fraction of sp³-hybridized carbons (Fsp3) is 0.588. The zero-order valence-corrected chi connectivity index (χ0v) is 17.5. The number of nitro benzene ring substituents is 1. The van der Waals surface area contributed by atoms with Gasteiger partial charge in [-0.1, -0.05) is 32.9 Å². The molecule has 2 N–H and O–H groups in total. The quantitative estimate of drug-likeness (QED) is 0.226. The van der Waals surface area contributed by atoms with E-state index in [4.69, 9.17) is 0 Å². The lowest BCUT2D eigenvalue weighted by Crippen LogP contribution is -2.42. The van der Waals surface area contributed by atoms with Gasteiger partial charge in [0.2, 0.25) is 0 Å². The molecular weight excluding hydrogens is 419 g/mol. The first-order valence-corrected chi connectivity index (χ1v) is 7.92. The van der Waals surface area contributed by atoms with Gasteiger partial charge in [-0.2, -0.15) is 0 Å². The van der Waals surface area contributed by atoms with Crippen molar-refractivity contribution in [3.63, 3.8) is 0 Å². The van der Waals surface area contributed by atoms with Crippen LogP contribution in [0.3, 0.4) is 0 Å². The van der Waals surface area contributed by atoms with Crippen molar-refractivity contribution in [1.82, 2.24) is 10.6 Å². The fourth-order valence-electron chi connectivity index (χ4n) is 2.07. The molecule has 0 saturated carbocycles. The number of nitro groups is 1. The van der Waals surface area contributed by atoms with Crippen molar-refractivity contribution in [2.24, 2.45) is 10.4 Å². The number of rotatable bonds is 6. The van der Waals surface area contributed by atoms with Crippen molar-refractivity contribution < 1.29 is 4.92 Å². The highest BCUT2D eigenvalue weighted by molar-refractivity contribution is 14.0. The molecule has 0 bridgehead atoms. The number of hydrogen-bond acceptors (Lipinski definition) is 3. The first-order chi connectivity index (χ1) is 10.7. The van der Waals surface area contributed by atoms with Crippen LogP contribution in [0.25, 0.3) is 0 Å². The van der Waals surface area contributed by atoms with E-state index < -0.39 is 4.92 Å². The summed E-state index contributed by atoms with van der Waals surface area (Å²) in [4.78, 5) is 14.5. The van der Waals surface area contributed by atoms with E-state index >= 15 is 0 Å². The van der Waals surface area contributed by atoms with Crippen LogP contribution in [-0.2, 0) is 6.54 Å². The Labute approximate surface area is 161 Å². The van der Waals surface area contributed by atoms with E-state index in [1.54, 1.807) is 19.2 Å². The van der Waals surface area contributed by atoms with Crippen molar-refractivity contribution in [3.05, 3.63) is 39.9 Å². The van der Waals surface area contributed by atoms with Crippen LogP contribution >= 0.6 is 24.0 Å². The Morgan fingerprint density at radius 3 is 2.33 bits per heavy atom. The smallest absolute Gasteiger partial charge is 0.269 e. The molecular formula is C17H29IN4O2. The van der Waals surface area contributed by atoms with Crippen LogP contribution in [0.15, 0.2) is 29.3 Å². The van der Waals surface area contributed by atoms with Crippen molar-refractivity contribution >= 4 is 35.6 Å². The first kappa shape index (κ1) is 22.6. The molecule has 0 aliphatic heterocycles. The molecule has 1 unspecified atom stereocenters. The van der Waals surface area contributed by atoms with Gasteiger partial charge in [-0.05, 0) is 30.7 Å². The summed E-state index contributed by atoms with van der Waals surface area (Å²) < 4.78 is 0. The lowest BCUT2D eigenvalue weighted by molar-refractivity contribution is -0.384. The minimum Gasteiger partial charge on any atom is -0.354 e. The number of non-ortho nitro benzene ring substituents is 1. The molecule has 0 fully saturated rings. The molecule has 0 heterocycles. The van der Waals surface area contributed by atoms with Crippen LogP contribution in [0.1, 0.15) is 46.1 Å². The molecule has 24 heavy (non-hydrogen) atoms. The Bertz CT molecular complexity index is 539. The predicted octanol–water partition coefficient (Wildman–Crippen LogP) is 4.09. The normalized spacial score (nSPS) is 13.0. The Morgan fingerprint density at radius 2 is 1.88 bits per heavy atom. The van der Waals surface area contributed by atoms with E-state index in [0.717, 1.165) is 24.4 Å². The summed E-state index contributed by atoms with van der Waals surface area (Å²) in [7, 11) is 1.74. The van der Waals surface area contributed by atoms with Crippen molar-refractivity contribution in [1.29, 1.82) is 0 Å². The minimum atomic E-state index is -0.394. The molecule has 0 radical (unpaired) electrons. The fourth-order valence-corrected chi connectivity index (χ4v) is 2.07. The molecule has 1 aromatic rings. The number of aliphatic imine (C=N–C) groups is 1. The second-order valence-electron chi connectivity index (χ2n) is 6.99. The standard InChI is InChI=1S/C17H28N4O2.HI/c1-13(10-11-17(2,3)4)20-16(18-5)19-12-14-6-8-15(9-7-14)21(22)23;/h6-9,13H,10-12H2,1-5H3,(H2,18,19,20);1H. The Balaban J connectivity index is 0.00000529. The summed E-state index contributed by atoms with van der Waals surface area (Å²) in [5.74, 6) is 0.741. The van der Waals surface area contributed by atoms with E-state index in [-0.39, 0.29) is 29.7 Å². The lowest BCUT2D eigenvalue weighted by atomic mass is 9.89. The molecule has 0 saturated heterocycles. The number of nitrogens with one attached hydrogen (secondary N) is 2. The summed E-state index contributed by atoms with van der Waals surface area (Å²) >= 11 is 0. The molecule has 6 nitrogen and oxygen atoms in total. The topological polar surface area (TPSA) is 79.6 Å². The monoisotopic (exact) mass is 448 g/mol. The number of nitrogens with zero attached hydrogens (tertiary/aromatic N) is 2. The van der Waals surface area contributed by atoms with Crippen molar-refractivity contribution in [2.45, 2.75) is 53.1 Å². The Morgan fingerprint density at radius 1 is 1.29 bits per heavy atom. The Hall–Kier alpha value is -1.38. The zero-order chi connectivity index (χ0) is 17.5. The Kier molecular flexibility index (Phi) is 9.88. The van der Waals surface area contributed by atoms with Crippen molar-refractivity contribution in [2.75, 3.05) is 7.05 Å². The van der Waals surface area contributed by atoms with Gasteiger partial charge in [0.05, 0.1) is 4.92 Å². The molecule has 1 atom stereocenters. The van der Waals surface area contributed by atoms with Gasteiger partial charge in [0, 0.05) is 31.8 Å². The van der Waals surface area contributed by atoms with Gasteiger partial charge in [-0.25, -0.2) is 0 Å². The molecule has 0 spiro atoms. The predicted molar refractivity (Wildman–Crippen MR) is 110 cm³/mol. The van der Waals surface area contributed by atoms with Gasteiger partial charge in [0.15, 0.2) is 5.96 Å². The third-order valence-corrected chi connectivity index (χ3v) is 3.54. The van der Waals surface area contributed by atoms with Crippen LogP contribution < -0.4 is 10.6 Å². The molecule has 1 aromatic carbocycles. The number of halogens is 1. The minimum absolute atomic E-state index is 0. The average molecular weight is 448 g/mol. The summed E-state index contributed by atoms with van der Waals surface area (Å²) in [6, 6.07) is 6.86. The first-order valence-electron chi connectivity index (χ1n) is 7.92. The molecule has 0 aliphatic rings. The largest absolute Gasteiger partial charge is 0.354 e. The summed E-state index contributed by atoms with van der Waals surface area (Å²) in [5, 5.41) is 17.2. The van der Waals surface area contributed by atoms with Crippen LogP contribution in [0.4, 0.5) is 5.69 Å². The average Bonchev–Trinajstić information content (AvgIpc) is 2.49. The molecule has 0 aromatic heterocycles. The summed E-state index contributed by atoms with van der Waals surface area (Å²) in [5.41, 5.74) is 1.40. The molecule has 0 amide bonds. The maximum absolute atomic E-state index is 10.6. The van der Waals surface area contributed by atoms with Crippen LogP contribution in [0, 0.1) is 15.5 Å². The number of benzene rings is 1. The van der Waals surface area contributed by atoms with E-state index in [1.165, 1.54) is 12.1 Å². The van der Waals surface area contributed by atoms with E-state index in [2.05, 4.69) is 43.3 Å². The van der Waals surface area contributed by atoms with E-state index in [0.29, 0.717) is 18.0 Å². The second-order valence-corrected chi connectivity index (χ2v) is 6.99. The maximum Gasteiger partial charge on any atom is 0.269 e. The highest BCUT2D eigenvalue weighted by Crippen LogP contribution is 2.21. The van der Waals surface area contributed by atoms with E-state index in [9.17, 15) is 10.1 Å². The van der Waals surface area contributed by atoms with Gasteiger partial charge in [-0.15, -0.1) is 24.0 Å². The van der Waals surface area contributed by atoms with Gasteiger partial charge >= 0.3 is 0 Å². The molecule has 136 valence electrons. The van der Waals surface area contributed by atoms with Gasteiger partial charge in [0.25, 0.3) is 5.69 Å². The van der Waals surface area contributed by atoms with Crippen LogP contribution in [-0.4, -0.2) is 24.0 Å². The molecule has 7 heteroatoms. The van der Waals surface area contributed by atoms with Crippen LogP contribution in [0.5, 0.6) is 0 Å². The summed E-state index contributed by atoms with van der Waals surface area (Å²) in [6.07, 6.45) is 2.21. The molecule has 0 aliphatic carbocycles. The van der Waals surface area contributed by atoms with Crippen LogP contribution in [0.2, 0.25) is 0 Å². The highest BCUT2D eigenvalue weighted by atomic mass is 127. The third-order valence-electron chi connectivity index (χ3n) is 3.54. The van der Waals surface area contributed by atoms with Gasteiger partial charge in [0.1, 0.15) is 0 Å². The second kappa shape index (κ2) is 10.5. The molecule has 1 rings (SSSR count). The highest BCUT2D eigenvalue weighted by Gasteiger charge is 2.13.